The van der Waals surface area contributed by atoms with Gasteiger partial charge < -0.3 is 10.5 Å². The lowest BCUT2D eigenvalue weighted by Gasteiger charge is -2.29. The summed E-state index contributed by atoms with van der Waals surface area (Å²) in [6, 6.07) is 4.50. The molecule has 0 aliphatic heterocycles. The van der Waals surface area contributed by atoms with Crippen LogP contribution in [0.2, 0.25) is 0 Å². The van der Waals surface area contributed by atoms with E-state index in [0.717, 1.165) is 24.3 Å². The van der Waals surface area contributed by atoms with E-state index in [-0.39, 0.29) is 18.0 Å². The molecular formula is C16H24FNO. The molecule has 1 aliphatic carbocycles. The molecule has 0 amide bonds. The Kier molecular flexibility index (Phi) is 4.81. The summed E-state index contributed by atoms with van der Waals surface area (Å²) in [5.74, 6) is 1.19. The van der Waals surface area contributed by atoms with E-state index in [1.807, 2.05) is 6.92 Å². The van der Waals surface area contributed by atoms with Crippen molar-refractivity contribution in [3.05, 3.63) is 29.6 Å². The van der Waals surface area contributed by atoms with Crippen molar-refractivity contribution in [3.63, 3.8) is 0 Å². The number of hydrogen-bond donors (Lipinski definition) is 1. The van der Waals surface area contributed by atoms with Gasteiger partial charge in [0.2, 0.25) is 0 Å². The number of nitrogens with two attached hydrogens (primary N) is 1. The highest BCUT2D eigenvalue weighted by atomic mass is 19.1. The fraction of sp³-hybridized carbons (Fsp3) is 0.625. The molecule has 2 rings (SSSR count). The highest BCUT2D eigenvalue weighted by molar-refractivity contribution is 5.36. The van der Waals surface area contributed by atoms with E-state index >= 15 is 0 Å². The fourth-order valence-corrected chi connectivity index (χ4v) is 2.82. The van der Waals surface area contributed by atoms with Crippen LogP contribution >= 0.6 is 0 Å². The molecule has 0 bridgehead atoms. The molecule has 2 nitrogen and oxygen atoms in total. The van der Waals surface area contributed by atoms with Crippen molar-refractivity contribution in [2.75, 3.05) is 0 Å². The second kappa shape index (κ2) is 6.38. The van der Waals surface area contributed by atoms with Crippen LogP contribution in [0.1, 0.15) is 57.6 Å². The highest BCUT2D eigenvalue weighted by Gasteiger charge is 2.22. The van der Waals surface area contributed by atoms with Gasteiger partial charge in [0.1, 0.15) is 11.6 Å². The Labute approximate surface area is 115 Å². The zero-order valence-electron chi connectivity index (χ0n) is 11.9. The zero-order chi connectivity index (χ0) is 13.8. The average molecular weight is 265 g/mol. The zero-order valence-corrected chi connectivity index (χ0v) is 11.9. The van der Waals surface area contributed by atoms with Crippen molar-refractivity contribution >= 4 is 0 Å². The van der Waals surface area contributed by atoms with Crippen LogP contribution in [0.3, 0.4) is 0 Å². The van der Waals surface area contributed by atoms with Crippen LogP contribution in [0.4, 0.5) is 4.39 Å². The van der Waals surface area contributed by atoms with Gasteiger partial charge in [0.05, 0.1) is 6.10 Å². The molecule has 0 heterocycles. The Hall–Kier alpha value is -1.09. The first-order valence-electron chi connectivity index (χ1n) is 7.31. The molecule has 1 aromatic carbocycles. The summed E-state index contributed by atoms with van der Waals surface area (Å²) < 4.78 is 19.4. The molecule has 0 radical (unpaired) electrons. The van der Waals surface area contributed by atoms with Crippen LogP contribution in [-0.4, -0.2) is 6.10 Å². The lowest BCUT2D eigenvalue weighted by molar-refractivity contribution is 0.128. The minimum atomic E-state index is -0.262. The molecule has 0 saturated heterocycles. The molecule has 2 N–H and O–H groups in total. The molecular weight excluding hydrogens is 241 g/mol. The molecule has 3 heteroatoms. The summed E-state index contributed by atoms with van der Waals surface area (Å²) in [7, 11) is 0. The molecule has 1 saturated carbocycles. The van der Waals surface area contributed by atoms with E-state index in [4.69, 9.17) is 10.5 Å². The van der Waals surface area contributed by atoms with Gasteiger partial charge in [0.25, 0.3) is 0 Å². The Balaban J connectivity index is 2.04. The predicted octanol–water partition coefficient (Wildman–Crippen LogP) is 4.19. The van der Waals surface area contributed by atoms with Crippen molar-refractivity contribution in [1.29, 1.82) is 0 Å². The van der Waals surface area contributed by atoms with E-state index < -0.39 is 0 Å². The minimum absolute atomic E-state index is 0.136. The Bertz CT molecular complexity index is 411. The Morgan fingerprint density at radius 2 is 2.00 bits per heavy atom. The summed E-state index contributed by atoms with van der Waals surface area (Å²) in [6.07, 6.45) is 6.01. The number of halogens is 1. The van der Waals surface area contributed by atoms with Gasteiger partial charge in [0.15, 0.2) is 0 Å². The number of ether oxygens (including phenoxy) is 1. The highest BCUT2D eigenvalue weighted by Crippen LogP contribution is 2.32. The van der Waals surface area contributed by atoms with Crippen LogP contribution < -0.4 is 10.5 Å². The van der Waals surface area contributed by atoms with Crippen LogP contribution in [0, 0.1) is 11.7 Å². The molecule has 0 aromatic heterocycles. The SMILES string of the molecule is CCC1CCC(Oc2cc(F)ccc2C(C)N)CC1. The maximum absolute atomic E-state index is 13.4. The Morgan fingerprint density at radius 3 is 2.58 bits per heavy atom. The first-order valence-corrected chi connectivity index (χ1v) is 7.31. The van der Waals surface area contributed by atoms with Gasteiger partial charge in [0, 0.05) is 17.7 Å². The van der Waals surface area contributed by atoms with E-state index in [1.54, 1.807) is 6.07 Å². The van der Waals surface area contributed by atoms with E-state index in [2.05, 4.69) is 6.92 Å². The van der Waals surface area contributed by atoms with Gasteiger partial charge in [-0.25, -0.2) is 4.39 Å². The molecule has 1 atom stereocenters. The van der Waals surface area contributed by atoms with E-state index in [9.17, 15) is 4.39 Å². The summed E-state index contributed by atoms with van der Waals surface area (Å²) >= 11 is 0. The predicted molar refractivity (Wildman–Crippen MR) is 75.7 cm³/mol. The van der Waals surface area contributed by atoms with Crippen molar-refractivity contribution in [1.82, 2.24) is 0 Å². The number of hydrogen-bond acceptors (Lipinski definition) is 2. The lowest BCUT2D eigenvalue weighted by atomic mass is 9.86. The van der Waals surface area contributed by atoms with Crippen LogP contribution in [0.15, 0.2) is 18.2 Å². The molecule has 19 heavy (non-hydrogen) atoms. The summed E-state index contributed by atoms with van der Waals surface area (Å²) in [4.78, 5) is 0. The third-order valence-corrected chi connectivity index (χ3v) is 4.13. The second-order valence-corrected chi connectivity index (χ2v) is 5.64. The smallest absolute Gasteiger partial charge is 0.127 e. The Morgan fingerprint density at radius 1 is 1.32 bits per heavy atom. The minimum Gasteiger partial charge on any atom is -0.490 e. The van der Waals surface area contributed by atoms with Gasteiger partial charge in [-0.1, -0.05) is 19.4 Å². The molecule has 0 spiro atoms. The standard InChI is InChI=1S/C16H24FNO/c1-3-12-4-7-14(8-5-12)19-16-10-13(17)6-9-15(16)11(2)18/h6,9-12,14H,3-5,7-8,18H2,1-2H3. The van der Waals surface area contributed by atoms with Crippen LogP contribution in [0.5, 0.6) is 5.75 Å². The molecule has 1 aliphatic rings. The largest absolute Gasteiger partial charge is 0.490 e. The van der Waals surface area contributed by atoms with Gasteiger partial charge in [-0.2, -0.15) is 0 Å². The van der Waals surface area contributed by atoms with Gasteiger partial charge in [-0.3, -0.25) is 0 Å². The fourth-order valence-electron chi connectivity index (χ4n) is 2.82. The molecule has 1 unspecified atom stereocenters. The van der Waals surface area contributed by atoms with Gasteiger partial charge in [-0.15, -0.1) is 0 Å². The molecule has 1 fully saturated rings. The van der Waals surface area contributed by atoms with Crippen molar-refractivity contribution in [3.8, 4) is 5.75 Å². The summed E-state index contributed by atoms with van der Waals surface area (Å²) in [5, 5.41) is 0. The van der Waals surface area contributed by atoms with E-state index in [0.29, 0.717) is 5.75 Å². The van der Waals surface area contributed by atoms with Gasteiger partial charge >= 0.3 is 0 Å². The first-order chi connectivity index (χ1) is 9.10. The third kappa shape index (κ3) is 3.69. The quantitative estimate of drug-likeness (QED) is 0.885. The van der Waals surface area contributed by atoms with Crippen molar-refractivity contribution in [2.24, 2.45) is 11.7 Å². The monoisotopic (exact) mass is 265 g/mol. The van der Waals surface area contributed by atoms with Gasteiger partial charge in [-0.05, 0) is 44.6 Å². The first kappa shape index (κ1) is 14.3. The van der Waals surface area contributed by atoms with Crippen molar-refractivity contribution in [2.45, 2.75) is 58.1 Å². The second-order valence-electron chi connectivity index (χ2n) is 5.64. The topological polar surface area (TPSA) is 35.2 Å². The van der Waals surface area contributed by atoms with Crippen LogP contribution in [0.25, 0.3) is 0 Å². The summed E-state index contributed by atoms with van der Waals surface area (Å²) in [5.41, 5.74) is 6.80. The molecule has 1 aromatic rings. The van der Waals surface area contributed by atoms with E-state index in [1.165, 1.54) is 31.4 Å². The maximum Gasteiger partial charge on any atom is 0.127 e. The van der Waals surface area contributed by atoms with Crippen molar-refractivity contribution < 1.29 is 9.13 Å². The van der Waals surface area contributed by atoms with Crippen LogP contribution in [-0.2, 0) is 0 Å². The number of benzene rings is 1. The third-order valence-electron chi connectivity index (χ3n) is 4.13. The summed E-state index contributed by atoms with van der Waals surface area (Å²) in [6.45, 7) is 4.14. The molecule has 106 valence electrons. The normalized spacial score (nSPS) is 25.1. The average Bonchev–Trinajstić information content (AvgIpc) is 2.39. The maximum atomic E-state index is 13.4. The number of rotatable bonds is 4. The lowest BCUT2D eigenvalue weighted by Crippen LogP contribution is -2.24.